The minimum Gasteiger partial charge on any atom is -0.0656 e. The Morgan fingerprint density at radius 2 is 1.29 bits per heavy atom. The Labute approximate surface area is 131 Å². The molecule has 0 radical (unpaired) electrons. The van der Waals surface area contributed by atoms with E-state index < -0.39 is 8.07 Å². The highest BCUT2D eigenvalue weighted by molar-refractivity contribution is 6.88. The maximum Gasteiger partial charge on any atom is 0.0775 e. The van der Waals surface area contributed by atoms with Gasteiger partial charge in [-0.1, -0.05) is 88.1 Å². The largest absolute Gasteiger partial charge is 0.0775 e. The fourth-order valence-electron chi connectivity index (χ4n) is 2.77. The van der Waals surface area contributed by atoms with Crippen LogP contribution in [0.2, 0.25) is 19.6 Å². The number of rotatable bonds is 2. The molecule has 2 aromatic rings. The van der Waals surface area contributed by atoms with E-state index in [-0.39, 0.29) is 5.41 Å². The van der Waals surface area contributed by atoms with Crippen molar-refractivity contribution in [2.45, 2.75) is 52.8 Å². The maximum atomic E-state index is 2.39. The highest BCUT2D eigenvalue weighted by Gasteiger charge is 2.18. The third-order valence-corrected chi connectivity index (χ3v) is 6.20. The van der Waals surface area contributed by atoms with Crippen LogP contribution in [0.3, 0.4) is 0 Å². The molecule has 0 nitrogen and oxygen atoms in total. The van der Waals surface area contributed by atoms with Gasteiger partial charge in [-0.15, -0.1) is 0 Å². The molecule has 0 aliphatic heterocycles. The number of hydrogen-bond acceptors (Lipinski definition) is 0. The summed E-state index contributed by atoms with van der Waals surface area (Å²) >= 11 is 0. The first-order chi connectivity index (χ1) is 9.59. The van der Waals surface area contributed by atoms with E-state index >= 15 is 0 Å². The van der Waals surface area contributed by atoms with E-state index in [0.29, 0.717) is 0 Å². The van der Waals surface area contributed by atoms with Crippen molar-refractivity contribution < 1.29 is 0 Å². The molecule has 0 unspecified atom stereocenters. The van der Waals surface area contributed by atoms with Crippen LogP contribution in [0.4, 0.5) is 0 Å². The van der Waals surface area contributed by atoms with E-state index in [1.54, 1.807) is 0 Å². The average Bonchev–Trinajstić information content (AvgIpc) is 2.37. The molecular weight excluding hydrogens is 268 g/mol. The van der Waals surface area contributed by atoms with Crippen LogP contribution in [-0.2, 0) is 5.41 Å². The molecule has 0 amide bonds. The fourth-order valence-corrected chi connectivity index (χ4v) is 3.94. The maximum absolute atomic E-state index is 2.39. The van der Waals surface area contributed by atoms with Crippen LogP contribution in [0.15, 0.2) is 42.5 Å². The lowest BCUT2D eigenvalue weighted by molar-refractivity contribution is 0.586. The molecule has 0 N–H and O–H groups in total. The van der Waals surface area contributed by atoms with Crippen molar-refractivity contribution in [3.63, 3.8) is 0 Å². The zero-order valence-electron chi connectivity index (χ0n) is 14.5. The fraction of sp³-hybridized carbons (Fsp3) is 0.400. The van der Waals surface area contributed by atoms with Gasteiger partial charge in [-0.3, -0.25) is 0 Å². The summed E-state index contributed by atoms with van der Waals surface area (Å²) in [6.45, 7) is 16.2. The van der Waals surface area contributed by atoms with Crippen LogP contribution in [0.25, 0.3) is 11.1 Å². The van der Waals surface area contributed by atoms with Gasteiger partial charge >= 0.3 is 0 Å². The van der Waals surface area contributed by atoms with Gasteiger partial charge in [0.25, 0.3) is 0 Å². The summed E-state index contributed by atoms with van der Waals surface area (Å²) in [5.41, 5.74) is 5.66. The van der Waals surface area contributed by atoms with Gasteiger partial charge in [0.15, 0.2) is 0 Å². The Morgan fingerprint density at radius 1 is 0.762 bits per heavy atom. The smallest absolute Gasteiger partial charge is 0.0656 e. The minimum absolute atomic E-state index is 0.193. The molecule has 0 atom stereocenters. The average molecular weight is 297 g/mol. The molecule has 0 fully saturated rings. The number of benzene rings is 2. The second kappa shape index (κ2) is 5.45. The Balaban J connectivity index is 2.44. The van der Waals surface area contributed by atoms with E-state index in [1.807, 2.05) is 0 Å². The normalized spacial score (nSPS) is 12.5. The van der Waals surface area contributed by atoms with Gasteiger partial charge < -0.3 is 0 Å². The van der Waals surface area contributed by atoms with Crippen LogP contribution < -0.4 is 5.19 Å². The topological polar surface area (TPSA) is 0 Å². The van der Waals surface area contributed by atoms with Crippen molar-refractivity contribution in [2.24, 2.45) is 0 Å². The van der Waals surface area contributed by atoms with E-state index in [0.717, 1.165) is 0 Å². The van der Waals surface area contributed by atoms with Gasteiger partial charge in [0.1, 0.15) is 0 Å². The van der Waals surface area contributed by atoms with Crippen LogP contribution >= 0.6 is 0 Å². The lowest BCUT2D eigenvalue weighted by Crippen LogP contribution is -2.37. The highest BCUT2D eigenvalue weighted by atomic mass is 28.3. The predicted octanol–water partition coefficient (Wildman–Crippen LogP) is 5.50. The molecule has 0 aromatic heterocycles. The standard InChI is InChI=1S/C20H28Si/c1-15-8-9-17(14-19(15)20(2,3)4)16-10-12-18(13-11-16)21(5,6)7/h8-14H,1-7H3. The molecule has 0 aliphatic rings. The lowest BCUT2D eigenvalue weighted by Gasteiger charge is -2.23. The SMILES string of the molecule is Cc1ccc(-c2ccc([Si](C)(C)C)cc2)cc1C(C)(C)C. The van der Waals surface area contributed by atoms with Crippen molar-refractivity contribution in [1.29, 1.82) is 0 Å². The van der Waals surface area contributed by atoms with E-state index in [2.05, 4.69) is 89.8 Å². The highest BCUT2D eigenvalue weighted by Crippen LogP contribution is 2.30. The first-order valence-electron chi connectivity index (χ1n) is 7.81. The Kier molecular flexibility index (Phi) is 4.16. The molecule has 0 heterocycles. The monoisotopic (exact) mass is 296 g/mol. The number of hydrogen-bond donors (Lipinski definition) is 0. The molecule has 1 heteroatoms. The van der Waals surface area contributed by atoms with Crippen molar-refractivity contribution >= 4 is 13.3 Å². The molecule has 0 spiro atoms. The quantitative estimate of drug-likeness (QED) is 0.641. The molecule has 0 saturated carbocycles. The zero-order valence-corrected chi connectivity index (χ0v) is 15.5. The van der Waals surface area contributed by atoms with Gasteiger partial charge in [-0.2, -0.15) is 0 Å². The van der Waals surface area contributed by atoms with Crippen molar-refractivity contribution in [3.8, 4) is 11.1 Å². The second-order valence-electron chi connectivity index (χ2n) is 8.11. The van der Waals surface area contributed by atoms with Gasteiger partial charge in [0, 0.05) is 0 Å². The summed E-state index contributed by atoms with van der Waals surface area (Å²) in [5, 5.41) is 1.52. The van der Waals surface area contributed by atoms with Crippen LogP contribution in [-0.4, -0.2) is 8.07 Å². The summed E-state index contributed by atoms with van der Waals surface area (Å²) in [7, 11) is -1.21. The Morgan fingerprint density at radius 3 is 1.76 bits per heavy atom. The summed E-state index contributed by atoms with van der Waals surface area (Å²) < 4.78 is 0. The Hall–Kier alpha value is -1.34. The predicted molar refractivity (Wildman–Crippen MR) is 98.3 cm³/mol. The first-order valence-corrected chi connectivity index (χ1v) is 11.3. The molecule has 0 bridgehead atoms. The van der Waals surface area contributed by atoms with Gasteiger partial charge in [-0.05, 0) is 34.6 Å². The lowest BCUT2D eigenvalue weighted by atomic mass is 9.82. The van der Waals surface area contributed by atoms with Crippen LogP contribution in [0.1, 0.15) is 31.9 Å². The summed E-state index contributed by atoms with van der Waals surface area (Å²) in [5.74, 6) is 0. The van der Waals surface area contributed by atoms with Crippen LogP contribution in [0.5, 0.6) is 0 Å². The molecule has 0 aliphatic carbocycles. The van der Waals surface area contributed by atoms with E-state index in [4.69, 9.17) is 0 Å². The summed E-state index contributed by atoms with van der Waals surface area (Å²) in [6, 6.07) is 16.1. The molecule has 2 rings (SSSR count). The van der Waals surface area contributed by atoms with Crippen molar-refractivity contribution in [1.82, 2.24) is 0 Å². The van der Waals surface area contributed by atoms with Gasteiger partial charge in [0.2, 0.25) is 0 Å². The third-order valence-electron chi connectivity index (χ3n) is 4.13. The summed E-state index contributed by atoms with van der Waals surface area (Å²) in [6.07, 6.45) is 0. The molecule has 2 aromatic carbocycles. The Bertz CT molecular complexity index is 622. The zero-order chi connectivity index (χ0) is 15.8. The van der Waals surface area contributed by atoms with Gasteiger partial charge in [0.05, 0.1) is 8.07 Å². The van der Waals surface area contributed by atoms with Crippen molar-refractivity contribution in [3.05, 3.63) is 53.6 Å². The van der Waals surface area contributed by atoms with Gasteiger partial charge in [-0.25, -0.2) is 0 Å². The molecule has 0 saturated heterocycles. The second-order valence-corrected chi connectivity index (χ2v) is 13.2. The molecule has 21 heavy (non-hydrogen) atoms. The van der Waals surface area contributed by atoms with Crippen LogP contribution in [0, 0.1) is 6.92 Å². The molecule has 112 valence electrons. The first kappa shape index (κ1) is 16.0. The number of aryl methyl sites for hydroxylation is 1. The van der Waals surface area contributed by atoms with E-state index in [1.165, 1.54) is 27.4 Å². The summed E-state index contributed by atoms with van der Waals surface area (Å²) in [4.78, 5) is 0. The van der Waals surface area contributed by atoms with Crippen molar-refractivity contribution in [2.75, 3.05) is 0 Å². The minimum atomic E-state index is -1.21. The van der Waals surface area contributed by atoms with E-state index in [9.17, 15) is 0 Å². The third kappa shape index (κ3) is 3.65. The molecular formula is C20H28Si.